The molecule has 8 heteroatoms. The molecule has 0 N–H and O–H groups in total. The van der Waals surface area contributed by atoms with Crippen LogP contribution in [0.15, 0.2) is 91.0 Å². The maximum atomic E-state index is 14.4. The summed E-state index contributed by atoms with van der Waals surface area (Å²) in [5.41, 5.74) is 1.22. The third kappa shape index (κ3) is 5.20. The van der Waals surface area contributed by atoms with E-state index >= 15 is 0 Å². The zero-order valence-corrected chi connectivity index (χ0v) is 19.9. The number of hydrogen-bond acceptors (Lipinski definition) is 3. The van der Waals surface area contributed by atoms with Crippen molar-refractivity contribution in [2.75, 3.05) is 4.90 Å². The van der Waals surface area contributed by atoms with E-state index in [1.54, 1.807) is 41.3 Å². The van der Waals surface area contributed by atoms with Gasteiger partial charge in [0.25, 0.3) is 0 Å². The van der Waals surface area contributed by atoms with Crippen molar-refractivity contribution in [1.82, 2.24) is 9.97 Å². The first-order valence-electron chi connectivity index (χ1n) is 10.5. The van der Waals surface area contributed by atoms with E-state index in [1.165, 1.54) is 0 Å². The Morgan fingerprint density at radius 2 is 1.06 bits per heavy atom. The summed E-state index contributed by atoms with van der Waals surface area (Å²) in [6, 6.07) is 27.9. The molecule has 0 spiro atoms. The van der Waals surface area contributed by atoms with Crippen molar-refractivity contribution in [3.05, 3.63) is 126 Å². The molecule has 2 heterocycles. The topological polar surface area (TPSA) is 29.0 Å². The van der Waals surface area contributed by atoms with E-state index < -0.39 is 23.3 Å². The van der Waals surface area contributed by atoms with E-state index in [4.69, 9.17) is 0 Å². The van der Waals surface area contributed by atoms with Crippen LogP contribution >= 0.6 is 0 Å². The number of benzene rings is 3. The van der Waals surface area contributed by atoms with Crippen LogP contribution in [0.3, 0.4) is 0 Å². The Labute approximate surface area is 218 Å². The molecule has 2 aromatic heterocycles. The second kappa shape index (κ2) is 10.8. The number of rotatable bonds is 5. The van der Waals surface area contributed by atoms with Crippen LogP contribution in [0.2, 0.25) is 0 Å². The van der Waals surface area contributed by atoms with Gasteiger partial charge in [-0.25, -0.2) is 0 Å². The first-order chi connectivity index (χ1) is 17.0. The molecular formula is C28H15F4N3Pd. The van der Waals surface area contributed by atoms with Gasteiger partial charge in [-0.05, 0) is 35.7 Å². The summed E-state index contributed by atoms with van der Waals surface area (Å²) in [6.07, 6.45) is 0. The largest absolute Gasteiger partial charge is 2.00 e. The van der Waals surface area contributed by atoms with Gasteiger partial charge in [-0.2, -0.15) is 0 Å². The Morgan fingerprint density at radius 3 is 1.50 bits per heavy atom. The Kier molecular flexibility index (Phi) is 7.59. The Balaban J connectivity index is 0.00000304. The van der Waals surface area contributed by atoms with Gasteiger partial charge in [-0.3, -0.25) is 32.4 Å². The van der Waals surface area contributed by atoms with Gasteiger partial charge in [0.2, 0.25) is 0 Å². The van der Waals surface area contributed by atoms with Gasteiger partial charge in [-0.15, -0.1) is 24.3 Å². The van der Waals surface area contributed by atoms with Gasteiger partial charge in [0, 0.05) is 29.0 Å². The summed E-state index contributed by atoms with van der Waals surface area (Å²) < 4.78 is 55.6. The fraction of sp³-hybridized carbons (Fsp3) is 0. The van der Waals surface area contributed by atoms with Crippen LogP contribution in [-0.2, 0) is 20.4 Å². The van der Waals surface area contributed by atoms with Gasteiger partial charge in [0.05, 0.1) is 0 Å². The summed E-state index contributed by atoms with van der Waals surface area (Å²) in [7, 11) is 0. The molecule has 0 aliphatic carbocycles. The van der Waals surface area contributed by atoms with E-state index in [2.05, 4.69) is 22.1 Å². The van der Waals surface area contributed by atoms with Crippen molar-refractivity contribution in [3.8, 4) is 22.5 Å². The molecule has 5 rings (SSSR count). The van der Waals surface area contributed by atoms with Crippen LogP contribution in [-0.4, -0.2) is 9.97 Å². The molecule has 0 unspecified atom stereocenters. The van der Waals surface area contributed by atoms with Crippen LogP contribution in [0.4, 0.5) is 34.9 Å². The number of para-hydroxylation sites is 1. The molecule has 0 bridgehead atoms. The Morgan fingerprint density at radius 1 is 0.583 bits per heavy atom. The van der Waals surface area contributed by atoms with Crippen LogP contribution < -0.4 is 4.90 Å². The molecule has 5 aromatic rings. The van der Waals surface area contributed by atoms with Gasteiger partial charge in [-0.1, -0.05) is 65.7 Å². The predicted molar refractivity (Wildman–Crippen MR) is 125 cm³/mol. The Hall–Kier alpha value is -3.86. The minimum Gasteiger partial charge on any atom is -0.280 e. The molecule has 0 aliphatic rings. The smallest absolute Gasteiger partial charge is 0.280 e. The molecule has 0 radical (unpaired) electrons. The van der Waals surface area contributed by atoms with Crippen molar-refractivity contribution in [1.29, 1.82) is 0 Å². The van der Waals surface area contributed by atoms with Crippen molar-refractivity contribution in [2.45, 2.75) is 0 Å². The number of hydrogen-bond donors (Lipinski definition) is 0. The molecule has 3 nitrogen and oxygen atoms in total. The van der Waals surface area contributed by atoms with Crippen molar-refractivity contribution >= 4 is 17.3 Å². The maximum Gasteiger partial charge on any atom is 2.00 e. The molecule has 180 valence electrons. The SMILES string of the molecule is Fc1c[c-]c(-c2cccc(N(c3ccccc3)c3cccc(-c4[c-]cc(F)cc4F)n3)n2)c(F)c1.[Pd+2]. The monoisotopic (exact) mass is 575 g/mol. The fourth-order valence-corrected chi connectivity index (χ4v) is 3.62. The summed E-state index contributed by atoms with van der Waals surface area (Å²) in [5.74, 6) is -2.27. The molecule has 0 atom stereocenters. The zero-order chi connectivity index (χ0) is 24.4. The van der Waals surface area contributed by atoms with Crippen LogP contribution in [0.1, 0.15) is 0 Å². The quantitative estimate of drug-likeness (QED) is 0.124. The maximum absolute atomic E-state index is 14.4. The molecule has 0 amide bonds. The van der Waals surface area contributed by atoms with Crippen LogP contribution in [0.25, 0.3) is 22.5 Å². The number of halogens is 4. The van der Waals surface area contributed by atoms with Crippen molar-refractivity contribution in [3.63, 3.8) is 0 Å². The molecule has 36 heavy (non-hydrogen) atoms. The first kappa shape index (κ1) is 25.2. The minimum atomic E-state index is -0.789. The standard InChI is InChI=1S/C28H15F4N3.Pd/c29-18-12-14-21(23(31)16-18)25-8-4-10-27(33-25)35(20-6-2-1-3-7-20)28-11-5-9-26(34-28)22-15-13-19(30)17-24(22)32;/h1-13,16-17H;/q-2;+2. The average Bonchev–Trinajstić information content (AvgIpc) is 2.85. The van der Waals surface area contributed by atoms with Crippen LogP contribution in [0, 0.1) is 35.4 Å². The minimum absolute atomic E-state index is 0. The molecule has 3 aromatic carbocycles. The summed E-state index contributed by atoms with van der Waals surface area (Å²) in [4.78, 5) is 10.9. The third-order valence-corrected chi connectivity index (χ3v) is 5.17. The second-order valence-electron chi connectivity index (χ2n) is 7.51. The van der Waals surface area contributed by atoms with E-state index in [0.717, 1.165) is 24.3 Å². The number of aromatic nitrogens is 2. The second-order valence-corrected chi connectivity index (χ2v) is 7.51. The predicted octanol–water partition coefficient (Wildman–Crippen LogP) is 7.43. The molecule has 0 saturated carbocycles. The third-order valence-electron chi connectivity index (χ3n) is 5.17. The fourth-order valence-electron chi connectivity index (χ4n) is 3.62. The molecular weight excluding hydrogens is 561 g/mol. The van der Waals surface area contributed by atoms with Crippen molar-refractivity contribution < 1.29 is 38.0 Å². The van der Waals surface area contributed by atoms with E-state index in [1.807, 2.05) is 30.3 Å². The summed E-state index contributed by atoms with van der Waals surface area (Å²) in [6.45, 7) is 0. The molecule has 0 fully saturated rings. The molecule has 0 saturated heterocycles. The van der Waals surface area contributed by atoms with E-state index in [0.29, 0.717) is 17.3 Å². The summed E-state index contributed by atoms with van der Waals surface area (Å²) >= 11 is 0. The Bertz CT molecular complexity index is 1420. The van der Waals surface area contributed by atoms with Gasteiger partial charge in [0.15, 0.2) is 0 Å². The summed E-state index contributed by atoms with van der Waals surface area (Å²) in [5, 5.41) is 0. The average molecular weight is 576 g/mol. The van der Waals surface area contributed by atoms with Gasteiger partial charge >= 0.3 is 20.4 Å². The van der Waals surface area contributed by atoms with Gasteiger partial charge in [0.1, 0.15) is 11.6 Å². The zero-order valence-electron chi connectivity index (χ0n) is 18.3. The van der Waals surface area contributed by atoms with Crippen LogP contribution in [0.5, 0.6) is 0 Å². The number of nitrogens with zero attached hydrogens (tertiary/aromatic N) is 3. The van der Waals surface area contributed by atoms with Gasteiger partial charge < -0.3 is 0 Å². The van der Waals surface area contributed by atoms with E-state index in [9.17, 15) is 17.6 Å². The first-order valence-corrected chi connectivity index (χ1v) is 10.5. The van der Waals surface area contributed by atoms with Crippen molar-refractivity contribution in [2.24, 2.45) is 0 Å². The molecule has 0 aliphatic heterocycles. The normalized spacial score (nSPS) is 10.6. The number of anilines is 3. The number of pyridine rings is 2. The van der Waals surface area contributed by atoms with E-state index in [-0.39, 0.29) is 42.9 Å².